The summed E-state index contributed by atoms with van der Waals surface area (Å²) in [5, 5.41) is 0. The van der Waals surface area contributed by atoms with E-state index < -0.39 is 0 Å². The second-order valence-corrected chi connectivity index (χ2v) is 4.61. The molecule has 2 aromatic carbocycles. The average molecular weight is 239 g/mol. The zero-order valence-electron chi connectivity index (χ0n) is 9.99. The molecule has 2 heteroatoms. The minimum atomic E-state index is -0.172. The molecule has 0 radical (unpaired) electrons. The number of nitrogen functional groups attached to an aromatic ring is 1. The van der Waals surface area contributed by atoms with Crippen LogP contribution in [0.3, 0.4) is 0 Å². The fraction of sp³-hybridized carbons (Fsp3) is 0.125. The van der Waals surface area contributed by atoms with Gasteiger partial charge in [0.25, 0.3) is 0 Å². The Labute approximate surface area is 106 Å². The first-order valence-corrected chi connectivity index (χ1v) is 6.08. The number of hydrogen-bond donors (Lipinski definition) is 1. The number of allylic oxidation sites excluding steroid dienone is 1. The van der Waals surface area contributed by atoms with Crippen molar-refractivity contribution in [2.75, 3.05) is 5.73 Å². The third-order valence-corrected chi connectivity index (χ3v) is 3.37. The molecule has 90 valence electrons. The van der Waals surface area contributed by atoms with Gasteiger partial charge in [-0.1, -0.05) is 24.3 Å². The highest BCUT2D eigenvalue weighted by atomic mass is 19.1. The van der Waals surface area contributed by atoms with Crippen LogP contribution in [0.2, 0.25) is 0 Å². The van der Waals surface area contributed by atoms with Crippen LogP contribution in [0.4, 0.5) is 10.1 Å². The van der Waals surface area contributed by atoms with E-state index in [1.54, 1.807) is 12.1 Å². The van der Waals surface area contributed by atoms with E-state index in [2.05, 4.69) is 0 Å². The van der Waals surface area contributed by atoms with E-state index >= 15 is 0 Å². The van der Waals surface area contributed by atoms with Gasteiger partial charge in [-0.3, -0.25) is 0 Å². The van der Waals surface area contributed by atoms with Crippen molar-refractivity contribution in [1.82, 2.24) is 0 Å². The molecule has 0 saturated heterocycles. The molecule has 0 spiro atoms. The standard InChI is InChI=1S/C16H14FN/c17-16-4-2-1-3-13(16)9-11-5-6-12-10-14(18)7-8-15(11)12/h1-4,7-10H,5-6,18H2/b11-9-. The van der Waals surface area contributed by atoms with Gasteiger partial charge in [0, 0.05) is 11.3 Å². The lowest BCUT2D eigenvalue weighted by Gasteiger charge is -2.03. The van der Waals surface area contributed by atoms with E-state index in [0.717, 1.165) is 18.5 Å². The van der Waals surface area contributed by atoms with Crippen molar-refractivity contribution in [3.8, 4) is 0 Å². The molecule has 1 aliphatic carbocycles. The Morgan fingerprint density at radius 1 is 1.06 bits per heavy atom. The Balaban J connectivity index is 2.04. The first kappa shape index (κ1) is 11.0. The number of fused-ring (bicyclic) bond motifs is 1. The molecule has 0 amide bonds. The number of rotatable bonds is 1. The van der Waals surface area contributed by atoms with Gasteiger partial charge in [-0.25, -0.2) is 4.39 Å². The molecule has 0 aromatic heterocycles. The third kappa shape index (κ3) is 1.90. The van der Waals surface area contributed by atoms with E-state index in [0.29, 0.717) is 5.56 Å². The summed E-state index contributed by atoms with van der Waals surface area (Å²) in [4.78, 5) is 0. The second kappa shape index (κ2) is 4.30. The van der Waals surface area contributed by atoms with Crippen molar-refractivity contribution in [3.05, 3.63) is 65.0 Å². The van der Waals surface area contributed by atoms with Crippen LogP contribution < -0.4 is 5.73 Å². The smallest absolute Gasteiger partial charge is 0.130 e. The van der Waals surface area contributed by atoms with Crippen molar-refractivity contribution in [1.29, 1.82) is 0 Å². The molecule has 0 saturated carbocycles. The number of nitrogens with two attached hydrogens (primary N) is 1. The first-order valence-electron chi connectivity index (χ1n) is 6.08. The van der Waals surface area contributed by atoms with Crippen LogP contribution in [0.15, 0.2) is 42.5 Å². The van der Waals surface area contributed by atoms with Gasteiger partial charge in [-0.2, -0.15) is 0 Å². The van der Waals surface area contributed by atoms with Gasteiger partial charge < -0.3 is 5.73 Å². The molecule has 0 atom stereocenters. The average Bonchev–Trinajstić information content (AvgIpc) is 2.74. The highest BCUT2D eigenvalue weighted by Gasteiger charge is 2.16. The third-order valence-electron chi connectivity index (χ3n) is 3.37. The number of anilines is 1. The summed E-state index contributed by atoms with van der Waals surface area (Å²) in [5.74, 6) is -0.172. The molecule has 3 rings (SSSR count). The highest BCUT2D eigenvalue weighted by Crippen LogP contribution is 2.34. The molecule has 0 heterocycles. The lowest BCUT2D eigenvalue weighted by molar-refractivity contribution is 0.625. The predicted octanol–water partition coefficient (Wildman–Crippen LogP) is 3.89. The van der Waals surface area contributed by atoms with Gasteiger partial charge in [-0.15, -0.1) is 0 Å². The summed E-state index contributed by atoms with van der Waals surface area (Å²) >= 11 is 0. The fourth-order valence-electron chi connectivity index (χ4n) is 2.47. The van der Waals surface area contributed by atoms with Crippen LogP contribution in [0.25, 0.3) is 11.6 Å². The zero-order chi connectivity index (χ0) is 12.5. The molecule has 2 N–H and O–H groups in total. The topological polar surface area (TPSA) is 26.0 Å². The number of hydrogen-bond acceptors (Lipinski definition) is 1. The van der Waals surface area contributed by atoms with Gasteiger partial charge in [0.1, 0.15) is 5.82 Å². The van der Waals surface area contributed by atoms with E-state index in [1.165, 1.54) is 22.8 Å². The van der Waals surface area contributed by atoms with Crippen LogP contribution in [-0.2, 0) is 6.42 Å². The number of benzene rings is 2. The quantitative estimate of drug-likeness (QED) is 0.750. The van der Waals surface area contributed by atoms with Gasteiger partial charge in [0.15, 0.2) is 0 Å². The molecule has 0 aliphatic heterocycles. The summed E-state index contributed by atoms with van der Waals surface area (Å²) < 4.78 is 13.6. The summed E-state index contributed by atoms with van der Waals surface area (Å²) in [7, 11) is 0. The minimum absolute atomic E-state index is 0.172. The summed E-state index contributed by atoms with van der Waals surface area (Å²) in [6.45, 7) is 0. The summed E-state index contributed by atoms with van der Waals surface area (Å²) in [6, 6.07) is 12.8. The first-order chi connectivity index (χ1) is 8.74. The van der Waals surface area contributed by atoms with Crippen molar-refractivity contribution < 1.29 is 4.39 Å². The Kier molecular flexibility index (Phi) is 2.63. The Hall–Kier alpha value is -2.09. The van der Waals surface area contributed by atoms with Crippen LogP contribution in [0.1, 0.15) is 23.1 Å². The zero-order valence-corrected chi connectivity index (χ0v) is 9.99. The summed E-state index contributed by atoms with van der Waals surface area (Å²) in [6.07, 6.45) is 3.88. The van der Waals surface area contributed by atoms with Crippen molar-refractivity contribution in [2.45, 2.75) is 12.8 Å². The molecule has 18 heavy (non-hydrogen) atoms. The van der Waals surface area contributed by atoms with Crippen molar-refractivity contribution in [3.63, 3.8) is 0 Å². The highest BCUT2D eigenvalue weighted by molar-refractivity contribution is 5.86. The Bertz CT molecular complexity index is 629. The SMILES string of the molecule is Nc1ccc2c(c1)CC/C2=C/c1ccccc1F. The molecular formula is C16H14FN. The Morgan fingerprint density at radius 3 is 2.72 bits per heavy atom. The second-order valence-electron chi connectivity index (χ2n) is 4.61. The number of aryl methyl sites for hydroxylation is 1. The van der Waals surface area contributed by atoms with Crippen LogP contribution in [-0.4, -0.2) is 0 Å². The normalized spacial score (nSPS) is 15.9. The van der Waals surface area contributed by atoms with E-state index in [-0.39, 0.29) is 5.82 Å². The van der Waals surface area contributed by atoms with E-state index in [1.807, 2.05) is 30.3 Å². The predicted molar refractivity (Wildman–Crippen MR) is 73.4 cm³/mol. The number of halogens is 1. The molecule has 1 nitrogen and oxygen atoms in total. The fourth-order valence-corrected chi connectivity index (χ4v) is 2.47. The largest absolute Gasteiger partial charge is 0.399 e. The maximum atomic E-state index is 13.6. The van der Waals surface area contributed by atoms with Gasteiger partial charge in [0.05, 0.1) is 0 Å². The molecular weight excluding hydrogens is 225 g/mol. The van der Waals surface area contributed by atoms with Gasteiger partial charge in [-0.05, 0) is 53.8 Å². The summed E-state index contributed by atoms with van der Waals surface area (Å²) in [5.41, 5.74) is 10.9. The molecule has 0 bridgehead atoms. The lowest BCUT2D eigenvalue weighted by Crippen LogP contribution is -1.88. The lowest BCUT2D eigenvalue weighted by atomic mass is 10.0. The van der Waals surface area contributed by atoms with Crippen molar-refractivity contribution in [2.24, 2.45) is 0 Å². The van der Waals surface area contributed by atoms with Gasteiger partial charge in [0.2, 0.25) is 0 Å². The van der Waals surface area contributed by atoms with E-state index in [4.69, 9.17) is 5.73 Å². The maximum absolute atomic E-state index is 13.6. The maximum Gasteiger partial charge on any atom is 0.130 e. The molecule has 0 unspecified atom stereocenters. The monoisotopic (exact) mass is 239 g/mol. The minimum Gasteiger partial charge on any atom is -0.399 e. The van der Waals surface area contributed by atoms with Crippen LogP contribution in [0, 0.1) is 5.82 Å². The van der Waals surface area contributed by atoms with Gasteiger partial charge >= 0.3 is 0 Å². The molecule has 0 fully saturated rings. The molecule has 1 aliphatic rings. The van der Waals surface area contributed by atoms with Crippen LogP contribution >= 0.6 is 0 Å². The van der Waals surface area contributed by atoms with E-state index in [9.17, 15) is 4.39 Å². The van der Waals surface area contributed by atoms with Crippen molar-refractivity contribution >= 4 is 17.3 Å². The molecule has 2 aromatic rings. The van der Waals surface area contributed by atoms with Crippen LogP contribution in [0.5, 0.6) is 0 Å². The Morgan fingerprint density at radius 2 is 1.89 bits per heavy atom.